The fourth-order valence-corrected chi connectivity index (χ4v) is 3.27. The molecule has 2 aromatic carbocycles. The highest BCUT2D eigenvalue weighted by Gasteiger charge is 2.12. The molecule has 27 heavy (non-hydrogen) atoms. The Morgan fingerprint density at radius 1 is 1.04 bits per heavy atom. The normalized spacial score (nSPS) is 11.3. The molecule has 7 heteroatoms. The van der Waals surface area contributed by atoms with Crippen molar-refractivity contribution in [2.75, 3.05) is 0 Å². The summed E-state index contributed by atoms with van der Waals surface area (Å²) in [5, 5.41) is 4.78. The maximum Gasteiger partial charge on any atom is 0.307 e. The van der Waals surface area contributed by atoms with Gasteiger partial charge in [0.15, 0.2) is 5.76 Å². The van der Waals surface area contributed by atoms with E-state index in [0.29, 0.717) is 11.3 Å². The number of amides is 1. The van der Waals surface area contributed by atoms with Crippen molar-refractivity contribution in [2.45, 2.75) is 0 Å². The van der Waals surface area contributed by atoms with E-state index in [2.05, 4.69) is 49.0 Å². The van der Waals surface area contributed by atoms with Gasteiger partial charge in [-0.3, -0.25) is 4.79 Å². The summed E-state index contributed by atoms with van der Waals surface area (Å²) in [7, 11) is 0. The molecule has 1 amide bonds. The molecule has 4 rings (SSSR count). The van der Waals surface area contributed by atoms with Gasteiger partial charge in [0, 0.05) is 19.0 Å². The van der Waals surface area contributed by atoms with Gasteiger partial charge in [0.25, 0.3) is 0 Å². The monoisotopic (exact) mass is 534 g/mol. The van der Waals surface area contributed by atoms with E-state index in [9.17, 15) is 4.79 Å². The maximum absolute atomic E-state index is 12.2. The van der Waals surface area contributed by atoms with Gasteiger partial charge in [-0.2, -0.15) is 5.10 Å². The quantitative estimate of drug-likeness (QED) is 0.204. The minimum Gasteiger partial charge on any atom is -0.455 e. The van der Waals surface area contributed by atoms with Crippen LogP contribution < -0.4 is 5.43 Å². The first-order valence-corrected chi connectivity index (χ1v) is 9.84. The molecule has 0 bridgehead atoms. The minimum atomic E-state index is -0.428. The molecule has 0 saturated carbocycles. The molecule has 0 aliphatic heterocycles. The zero-order chi connectivity index (χ0) is 18.8. The van der Waals surface area contributed by atoms with Crippen molar-refractivity contribution in [1.29, 1.82) is 0 Å². The van der Waals surface area contributed by atoms with E-state index in [4.69, 9.17) is 8.83 Å². The predicted molar refractivity (Wildman–Crippen MR) is 116 cm³/mol. The van der Waals surface area contributed by atoms with Crippen molar-refractivity contribution in [2.24, 2.45) is 5.10 Å². The van der Waals surface area contributed by atoms with Gasteiger partial charge in [0.2, 0.25) is 0 Å². The highest BCUT2D eigenvalue weighted by molar-refractivity contribution is 14.1. The Morgan fingerprint density at radius 3 is 2.67 bits per heavy atom. The number of nitrogens with one attached hydrogen (secondary N) is 1. The summed E-state index contributed by atoms with van der Waals surface area (Å²) in [5.74, 6) is 1.04. The van der Waals surface area contributed by atoms with Gasteiger partial charge >= 0.3 is 5.91 Å². The van der Waals surface area contributed by atoms with Crippen molar-refractivity contribution >= 4 is 61.6 Å². The van der Waals surface area contributed by atoms with E-state index in [0.717, 1.165) is 24.8 Å². The Bertz CT molecular complexity index is 1150. The number of furan rings is 2. The van der Waals surface area contributed by atoms with Gasteiger partial charge in [-0.15, -0.1) is 0 Å². The molecule has 134 valence electrons. The van der Waals surface area contributed by atoms with Gasteiger partial charge < -0.3 is 8.83 Å². The topological polar surface area (TPSA) is 67.7 Å². The van der Waals surface area contributed by atoms with E-state index in [1.54, 1.807) is 18.2 Å². The predicted octanol–water partition coefficient (Wildman–Crippen LogP) is 5.82. The number of hydrogen-bond donors (Lipinski definition) is 1. The lowest BCUT2D eigenvalue weighted by atomic mass is 10.2. The van der Waals surface area contributed by atoms with Crippen molar-refractivity contribution in [1.82, 2.24) is 5.43 Å². The highest BCUT2D eigenvalue weighted by atomic mass is 127. The van der Waals surface area contributed by atoms with Crippen LogP contribution in [0.4, 0.5) is 0 Å². The fourth-order valence-electron chi connectivity index (χ4n) is 2.53. The summed E-state index contributed by atoms with van der Waals surface area (Å²) in [5.41, 5.74) is 4.06. The molecule has 0 aliphatic rings. The number of carbonyl (C=O) groups is 1. The summed E-state index contributed by atoms with van der Waals surface area (Å²) in [6, 6.07) is 18.9. The van der Waals surface area contributed by atoms with Crippen LogP contribution >= 0.6 is 38.5 Å². The van der Waals surface area contributed by atoms with Crippen molar-refractivity contribution in [3.05, 3.63) is 80.2 Å². The van der Waals surface area contributed by atoms with E-state index >= 15 is 0 Å². The number of benzene rings is 2. The lowest BCUT2D eigenvalue weighted by Crippen LogP contribution is -2.16. The van der Waals surface area contributed by atoms with Crippen LogP contribution in [0.5, 0.6) is 0 Å². The van der Waals surface area contributed by atoms with Crippen molar-refractivity contribution in [3.8, 4) is 11.3 Å². The van der Waals surface area contributed by atoms with Crippen LogP contribution in [-0.2, 0) is 0 Å². The average molecular weight is 535 g/mol. The van der Waals surface area contributed by atoms with E-state index < -0.39 is 5.91 Å². The second kappa shape index (κ2) is 7.69. The van der Waals surface area contributed by atoms with Gasteiger partial charge in [0.1, 0.15) is 17.1 Å². The van der Waals surface area contributed by atoms with Gasteiger partial charge in [-0.05, 0) is 71.1 Å². The third-order valence-corrected chi connectivity index (χ3v) is 5.03. The largest absolute Gasteiger partial charge is 0.455 e. The SMILES string of the molecule is O=C(N/N=C/c1ccc(-c2ccc(I)cc2)o1)c1cc2cc(Br)ccc2o1. The molecule has 2 aromatic heterocycles. The first-order chi connectivity index (χ1) is 13.1. The van der Waals surface area contributed by atoms with E-state index in [1.165, 1.54) is 6.21 Å². The molecule has 2 heterocycles. The van der Waals surface area contributed by atoms with E-state index in [-0.39, 0.29) is 5.76 Å². The Balaban J connectivity index is 1.44. The third-order valence-electron chi connectivity index (χ3n) is 3.82. The lowest BCUT2D eigenvalue weighted by Gasteiger charge is -1.96. The Labute approximate surface area is 176 Å². The van der Waals surface area contributed by atoms with Gasteiger partial charge in [0.05, 0.1) is 6.21 Å². The summed E-state index contributed by atoms with van der Waals surface area (Å²) >= 11 is 5.65. The van der Waals surface area contributed by atoms with Crippen molar-refractivity contribution in [3.63, 3.8) is 0 Å². The number of carbonyl (C=O) groups excluding carboxylic acids is 1. The Kier molecular flexibility index (Phi) is 5.13. The van der Waals surface area contributed by atoms with Crippen LogP contribution in [-0.4, -0.2) is 12.1 Å². The average Bonchev–Trinajstić information content (AvgIpc) is 3.29. The molecule has 4 aromatic rings. The first-order valence-electron chi connectivity index (χ1n) is 7.97. The van der Waals surface area contributed by atoms with Crippen LogP contribution in [0, 0.1) is 3.57 Å². The first kappa shape index (κ1) is 18.0. The van der Waals surface area contributed by atoms with Crippen LogP contribution in [0.2, 0.25) is 0 Å². The molecule has 0 radical (unpaired) electrons. The molecule has 1 N–H and O–H groups in total. The summed E-state index contributed by atoms with van der Waals surface area (Å²) in [4.78, 5) is 12.2. The summed E-state index contributed by atoms with van der Waals surface area (Å²) in [6.45, 7) is 0. The molecule has 0 saturated heterocycles. The van der Waals surface area contributed by atoms with Crippen LogP contribution in [0.25, 0.3) is 22.3 Å². The lowest BCUT2D eigenvalue weighted by molar-refractivity contribution is 0.0929. The van der Waals surface area contributed by atoms with Gasteiger partial charge in [-0.25, -0.2) is 5.43 Å². The number of fused-ring (bicyclic) bond motifs is 1. The number of nitrogens with zero attached hydrogens (tertiary/aromatic N) is 1. The molecule has 0 fully saturated rings. The third kappa shape index (κ3) is 4.14. The smallest absolute Gasteiger partial charge is 0.307 e. The van der Waals surface area contributed by atoms with Crippen LogP contribution in [0.15, 0.2) is 79.1 Å². The molecule has 0 aliphatic carbocycles. The van der Waals surface area contributed by atoms with Crippen molar-refractivity contribution < 1.29 is 13.6 Å². The fraction of sp³-hybridized carbons (Fsp3) is 0. The standard InChI is InChI=1S/C20H12BrIN2O3/c21-14-3-7-18-13(9-14)10-19(27-18)20(25)24-23-11-16-6-8-17(26-16)12-1-4-15(22)5-2-12/h1-11H,(H,24,25)/b23-11+. The Morgan fingerprint density at radius 2 is 1.85 bits per heavy atom. The molecule has 5 nitrogen and oxygen atoms in total. The maximum atomic E-state index is 12.2. The number of halogens is 2. The minimum absolute atomic E-state index is 0.194. The number of hydrogen-bond acceptors (Lipinski definition) is 4. The molecular weight excluding hydrogens is 523 g/mol. The Hall–Kier alpha value is -2.39. The van der Waals surface area contributed by atoms with Crippen LogP contribution in [0.1, 0.15) is 16.3 Å². The molecule has 0 atom stereocenters. The second-order valence-corrected chi connectivity index (χ2v) is 7.86. The molecule has 0 spiro atoms. The highest BCUT2D eigenvalue weighted by Crippen LogP contribution is 2.24. The van der Waals surface area contributed by atoms with Crippen LogP contribution in [0.3, 0.4) is 0 Å². The summed E-state index contributed by atoms with van der Waals surface area (Å²) in [6.07, 6.45) is 1.45. The summed E-state index contributed by atoms with van der Waals surface area (Å²) < 4.78 is 13.3. The number of hydrazone groups is 1. The van der Waals surface area contributed by atoms with Gasteiger partial charge in [-0.1, -0.05) is 28.1 Å². The molecule has 0 unspecified atom stereocenters. The molecular formula is C20H12BrIN2O3. The number of rotatable bonds is 4. The zero-order valence-corrected chi connectivity index (χ0v) is 17.5. The second-order valence-electron chi connectivity index (χ2n) is 5.70. The van der Waals surface area contributed by atoms with E-state index in [1.807, 2.05) is 42.5 Å². The zero-order valence-electron chi connectivity index (χ0n) is 13.8.